The van der Waals surface area contributed by atoms with Crippen LogP contribution in [0.3, 0.4) is 0 Å². The van der Waals surface area contributed by atoms with Crippen molar-refractivity contribution in [1.29, 1.82) is 0 Å². The fourth-order valence-corrected chi connectivity index (χ4v) is 4.84. The number of nitrogens with two attached hydrogens (primary N) is 1. The van der Waals surface area contributed by atoms with Gasteiger partial charge in [0.1, 0.15) is 0 Å². The van der Waals surface area contributed by atoms with Crippen molar-refractivity contribution in [2.45, 2.75) is 43.0 Å². The van der Waals surface area contributed by atoms with Gasteiger partial charge in [0, 0.05) is 12.6 Å². The van der Waals surface area contributed by atoms with Gasteiger partial charge in [-0.15, -0.1) is 0 Å². The van der Waals surface area contributed by atoms with Crippen LogP contribution in [0.15, 0.2) is 23.1 Å². The molecule has 1 aromatic rings. The number of nitrogen functional groups attached to an aromatic ring is 1. The average molecular weight is 412 g/mol. The number of hydrogen-bond donors (Lipinski definition) is 3. The van der Waals surface area contributed by atoms with Gasteiger partial charge in [-0.3, -0.25) is 4.18 Å². The predicted octanol–water partition coefficient (Wildman–Crippen LogP) is 1.38. The highest BCUT2D eigenvalue weighted by atomic mass is 35.5. The van der Waals surface area contributed by atoms with Crippen LogP contribution in [-0.2, 0) is 24.5 Å². The van der Waals surface area contributed by atoms with Crippen LogP contribution in [0.1, 0.15) is 32.1 Å². The van der Waals surface area contributed by atoms with Gasteiger partial charge < -0.3 is 5.73 Å². The zero-order valence-electron chi connectivity index (χ0n) is 13.6. The summed E-state index contributed by atoms with van der Waals surface area (Å²) in [6, 6.07) is 3.80. The zero-order chi connectivity index (χ0) is 18.5. The molecule has 25 heavy (non-hydrogen) atoms. The Hall–Kier alpha value is -0.910. The topological polar surface area (TPSA) is 128 Å². The molecule has 0 bridgehead atoms. The van der Waals surface area contributed by atoms with Crippen LogP contribution < -0.4 is 15.2 Å². The van der Waals surface area contributed by atoms with E-state index < -0.39 is 20.3 Å². The number of anilines is 1. The molecule has 0 heterocycles. The monoisotopic (exact) mass is 411 g/mol. The Morgan fingerprint density at radius 2 is 1.84 bits per heavy atom. The fourth-order valence-electron chi connectivity index (χ4n) is 2.54. The van der Waals surface area contributed by atoms with Crippen LogP contribution in [-0.4, -0.2) is 36.0 Å². The van der Waals surface area contributed by atoms with Crippen molar-refractivity contribution in [3.63, 3.8) is 0 Å². The Labute approximate surface area is 153 Å². The maximum absolute atomic E-state index is 12.1. The summed E-state index contributed by atoms with van der Waals surface area (Å²) in [7, 11) is -7.73. The summed E-state index contributed by atoms with van der Waals surface area (Å²) in [5.41, 5.74) is 5.80. The van der Waals surface area contributed by atoms with E-state index in [1.54, 1.807) is 0 Å². The molecule has 1 aromatic carbocycles. The van der Waals surface area contributed by atoms with Gasteiger partial charge in [-0.2, -0.15) is 13.1 Å². The molecule has 8 nitrogen and oxygen atoms in total. The highest BCUT2D eigenvalue weighted by Gasteiger charge is 2.21. The zero-order valence-corrected chi connectivity index (χ0v) is 16.0. The number of benzene rings is 1. The minimum absolute atomic E-state index is 0.0603. The lowest BCUT2D eigenvalue weighted by Crippen LogP contribution is -2.38. The van der Waals surface area contributed by atoms with E-state index >= 15 is 0 Å². The van der Waals surface area contributed by atoms with E-state index in [1.165, 1.54) is 18.2 Å². The van der Waals surface area contributed by atoms with Crippen molar-refractivity contribution in [3.8, 4) is 0 Å². The number of rotatable bonds is 8. The molecule has 0 atom stereocenters. The number of nitrogens with one attached hydrogen (secondary N) is 2. The summed E-state index contributed by atoms with van der Waals surface area (Å²) in [4.78, 5) is -0.0603. The van der Waals surface area contributed by atoms with Crippen LogP contribution in [0.2, 0.25) is 5.02 Å². The van der Waals surface area contributed by atoms with Gasteiger partial charge in [-0.25, -0.2) is 13.1 Å². The molecule has 0 unspecified atom stereocenters. The van der Waals surface area contributed by atoms with Crippen LogP contribution in [0.4, 0.5) is 5.69 Å². The molecule has 0 aliphatic heterocycles. The Morgan fingerprint density at radius 1 is 1.16 bits per heavy atom. The van der Waals surface area contributed by atoms with Crippen LogP contribution in [0, 0.1) is 0 Å². The summed E-state index contributed by atoms with van der Waals surface area (Å²) >= 11 is 5.80. The van der Waals surface area contributed by atoms with E-state index in [1.807, 2.05) is 0 Å². The lowest BCUT2D eigenvalue weighted by molar-refractivity contribution is 0.303. The molecule has 1 saturated carbocycles. The van der Waals surface area contributed by atoms with Crippen molar-refractivity contribution < 1.29 is 21.0 Å². The van der Waals surface area contributed by atoms with E-state index in [0.29, 0.717) is 0 Å². The second-order valence-electron chi connectivity index (χ2n) is 5.81. The SMILES string of the molecule is Nc1ccc(S(=O)(=O)NCCOS(=O)(=O)NC2CCCCC2)cc1Cl. The second-order valence-corrected chi connectivity index (χ2v) is 9.36. The molecule has 1 aliphatic rings. The molecule has 2 rings (SSSR count). The molecule has 11 heteroatoms. The molecule has 142 valence electrons. The fraction of sp³-hybridized carbons (Fsp3) is 0.571. The van der Waals surface area contributed by atoms with Gasteiger partial charge in [-0.1, -0.05) is 30.9 Å². The van der Waals surface area contributed by atoms with E-state index in [0.717, 1.165) is 32.1 Å². The summed E-state index contributed by atoms with van der Waals surface area (Å²) in [6.45, 7) is -0.514. The maximum atomic E-state index is 12.1. The first-order valence-electron chi connectivity index (χ1n) is 7.91. The van der Waals surface area contributed by atoms with E-state index in [9.17, 15) is 16.8 Å². The van der Waals surface area contributed by atoms with Gasteiger partial charge in [0.15, 0.2) is 0 Å². The van der Waals surface area contributed by atoms with Gasteiger partial charge in [-0.05, 0) is 31.0 Å². The summed E-state index contributed by atoms with van der Waals surface area (Å²) in [5, 5.41) is 0.124. The largest absolute Gasteiger partial charge is 0.398 e. The Balaban J connectivity index is 1.81. The molecule has 0 spiro atoms. The number of halogens is 1. The summed E-state index contributed by atoms with van der Waals surface area (Å²) in [5.74, 6) is 0. The van der Waals surface area contributed by atoms with Crippen molar-refractivity contribution >= 4 is 37.6 Å². The van der Waals surface area contributed by atoms with Crippen LogP contribution >= 0.6 is 11.6 Å². The van der Waals surface area contributed by atoms with Crippen LogP contribution in [0.25, 0.3) is 0 Å². The second kappa shape index (κ2) is 8.65. The molecule has 0 saturated heterocycles. The highest BCUT2D eigenvalue weighted by Crippen LogP contribution is 2.22. The van der Waals surface area contributed by atoms with Crippen LogP contribution in [0.5, 0.6) is 0 Å². The third-order valence-electron chi connectivity index (χ3n) is 3.83. The minimum atomic E-state index is -3.90. The smallest absolute Gasteiger partial charge is 0.336 e. The molecular formula is C14H22ClN3O5S2. The first-order valence-corrected chi connectivity index (χ1v) is 11.2. The Bertz CT molecular complexity index is 793. The lowest BCUT2D eigenvalue weighted by atomic mass is 9.96. The summed E-state index contributed by atoms with van der Waals surface area (Å²) in [6.07, 6.45) is 4.64. The van der Waals surface area contributed by atoms with Gasteiger partial charge in [0.25, 0.3) is 0 Å². The predicted molar refractivity (Wildman–Crippen MR) is 95.9 cm³/mol. The van der Waals surface area contributed by atoms with E-state index in [4.69, 9.17) is 21.5 Å². The molecule has 0 aromatic heterocycles. The first-order chi connectivity index (χ1) is 11.7. The molecule has 1 fully saturated rings. The maximum Gasteiger partial charge on any atom is 0.336 e. The number of hydrogen-bond acceptors (Lipinski definition) is 6. The van der Waals surface area contributed by atoms with Crippen molar-refractivity contribution in [2.24, 2.45) is 0 Å². The van der Waals surface area contributed by atoms with E-state index in [-0.39, 0.29) is 34.8 Å². The van der Waals surface area contributed by atoms with Crippen molar-refractivity contribution in [2.75, 3.05) is 18.9 Å². The van der Waals surface area contributed by atoms with Gasteiger partial charge in [0.2, 0.25) is 10.0 Å². The normalized spacial score (nSPS) is 16.8. The molecule has 1 aliphatic carbocycles. The molecule has 4 N–H and O–H groups in total. The van der Waals surface area contributed by atoms with Gasteiger partial charge >= 0.3 is 10.3 Å². The first kappa shape index (κ1) is 20.4. The van der Waals surface area contributed by atoms with E-state index in [2.05, 4.69) is 9.44 Å². The average Bonchev–Trinajstić information content (AvgIpc) is 2.55. The minimum Gasteiger partial charge on any atom is -0.398 e. The highest BCUT2D eigenvalue weighted by molar-refractivity contribution is 7.89. The molecular weight excluding hydrogens is 390 g/mol. The Kier molecular flexibility index (Phi) is 7.06. The third kappa shape index (κ3) is 6.39. The third-order valence-corrected chi connectivity index (χ3v) is 6.72. The van der Waals surface area contributed by atoms with Crippen molar-refractivity contribution in [3.05, 3.63) is 23.2 Å². The number of sulfonamides is 1. The van der Waals surface area contributed by atoms with Crippen molar-refractivity contribution in [1.82, 2.24) is 9.44 Å². The standard InChI is InChI=1S/C14H22ClN3O5S2/c15-13-10-12(6-7-14(13)16)24(19,20)17-8-9-23-25(21,22)18-11-4-2-1-3-5-11/h6-7,10-11,17-18H,1-5,8-9,16H2. The lowest BCUT2D eigenvalue weighted by Gasteiger charge is -2.22. The summed E-state index contributed by atoms with van der Waals surface area (Å²) < 4.78 is 57.4. The molecule has 0 amide bonds. The Morgan fingerprint density at radius 3 is 2.48 bits per heavy atom. The quantitative estimate of drug-likeness (QED) is 0.438. The molecule has 0 radical (unpaired) electrons. The van der Waals surface area contributed by atoms with Gasteiger partial charge in [0.05, 0.1) is 22.2 Å².